The van der Waals surface area contributed by atoms with E-state index in [2.05, 4.69) is 43.1 Å². The van der Waals surface area contributed by atoms with Crippen LogP contribution in [0.3, 0.4) is 0 Å². The summed E-state index contributed by atoms with van der Waals surface area (Å²) in [6, 6.07) is 0. The Bertz CT molecular complexity index is 182. The Balaban J connectivity index is 2.01. The van der Waals surface area contributed by atoms with Gasteiger partial charge in [0.05, 0.1) is 0 Å². The van der Waals surface area contributed by atoms with E-state index in [1.54, 1.807) is 0 Å². The van der Waals surface area contributed by atoms with Crippen molar-refractivity contribution in [1.82, 2.24) is 15.1 Å². The molecule has 2 atom stereocenters. The van der Waals surface area contributed by atoms with Gasteiger partial charge in [-0.25, -0.2) is 0 Å². The molecule has 3 nitrogen and oxygen atoms in total. The molecule has 1 N–H and O–H groups in total. The molecule has 1 fully saturated rings. The summed E-state index contributed by atoms with van der Waals surface area (Å²) in [7, 11) is 4.24. The molecule has 0 spiro atoms. The zero-order valence-corrected chi connectivity index (χ0v) is 11.5. The summed E-state index contributed by atoms with van der Waals surface area (Å²) < 4.78 is 0. The summed E-state index contributed by atoms with van der Waals surface area (Å²) in [6.07, 6.45) is 1.37. The van der Waals surface area contributed by atoms with Gasteiger partial charge in [0.15, 0.2) is 0 Å². The van der Waals surface area contributed by atoms with Crippen LogP contribution in [0.15, 0.2) is 0 Å². The quantitative estimate of drug-likeness (QED) is 0.686. The van der Waals surface area contributed by atoms with E-state index in [1.807, 2.05) is 0 Å². The van der Waals surface area contributed by atoms with Gasteiger partial charge in [-0.2, -0.15) is 0 Å². The molecule has 0 radical (unpaired) electrons. The number of piperidine rings is 1. The number of rotatable bonds is 6. The van der Waals surface area contributed by atoms with Gasteiger partial charge >= 0.3 is 0 Å². The Morgan fingerprint density at radius 3 is 2.56 bits per heavy atom. The van der Waals surface area contributed by atoms with Crippen molar-refractivity contribution in [3.63, 3.8) is 0 Å². The minimum atomic E-state index is 0.871. The molecule has 0 amide bonds. The van der Waals surface area contributed by atoms with Crippen LogP contribution in [0, 0.1) is 11.8 Å². The second kappa shape index (κ2) is 7.25. The minimum absolute atomic E-state index is 0.871. The summed E-state index contributed by atoms with van der Waals surface area (Å²) in [5, 5.41) is 3.51. The molecule has 0 aliphatic carbocycles. The Hall–Kier alpha value is -0.120. The largest absolute Gasteiger partial charge is 0.314 e. The second-order valence-corrected chi connectivity index (χ2v) is 5.60. The first-order valence-electron chi connectivity index (χ1n) is 6.67. The molecule has 1 rings (SSSR count). The predicted molar refractivity (Wildman–Crippen MR) is 70.8 cm³/mol. The summed E-state index contributed by atoms with van der Waals surface area (Å²) in [6.45, 7) is 11.9. The zero-order valence-electron chi connectivity index (χ0n) is 11.5. The molecule has 1 aliphatic heterocycles. The molecule has 1 heterocycles. The van der Waals surface area contributed by atoms with Gasteiger partial charge < -0.3 is 15.1 Å². The molecule has 1 saturated heterocycles. The summed E-state index contributed by atoms with van der Waals surface area (Å²) >= 11 is 0. The maximum atomic E-state index is 3.51. The standard InChI is InChI=1S/C13H29N3/c1-12-5-8-16(11-13(12)2)10-7-14-6-9-15(3)4/h12-14H,5-11H2,1-4H3. The van der Waals surface area contributed by atoms with E-state index in [1.165, 1.54) is 26.1 Å². The fraction of sp³-hybridized carbons (Fsp3) is 1.00. The van der Waals surface area contributed by atoms with Gasteiger partial charge in [-0.1, -0.05) is 13.8 Å². The Morgan fingerprint density at radius 2 is 1.94 bits per heavy atom. The van der Waals surface area contributed by atoms with E-state index in [9.17, 15) is 0 Å². The number of nitrogens with zero attached hydrogens (tertiary/aromatic N) is 2. The summed E-state index contributed by atoms with van der Waals surface area (Å²) in [5.41, 5.74) is 0. The van der Waals surface area contributed by atoms with E-state index in [4.69, 9.17) is 0 Å². The normalized spacial score (nSPS) is 27.6. The third-order valence-electron chi connectivity index (χ3n) is 3.76. The van der Waals surface area contributed by atoms with Crippen molar-refractivity contribution >= 4 is 0 Å². The maximum Gasteiger partial charge on any atom is 0.0107 e. The van der Waals surface area contributed by atoms with Crippen LogP contribution in [0.5, 0.6) is 0 Å². The smallest absolute Gasteiger partial charge is 0.0107 e. The molecule has 2 unspecified atom stereocenters. The molecular weight excluding hydrogens is 198 g/mol. The van der Waals surface area contributed by atoms with Crippen molar-refractivity contribution in [2.45, 2.75) is 20.3 Å². The summed E-state index contributed by atoms with van der Waals surface area (Å²) in [4.78, 5) is 4.82. The Labute approximate surface area is 101 Å². The minimum Gasteiger partial charge on any atom is -0.314 e. The molecule has 3 heteroatoms. The van der Waals surface area contributed by atoms with Gasteiger partial charge in [-0.3, -0.25) is 0 Å². The molecule has 0 aromatic rings. The van der Waals surface area contributed by atoms with Crippen molar-refractivity contribution < 1.29 is 0 Å². The van der Waals surface area contributed by atoms with Crippen LogP contribution in [0.2, 0.25) is 0 Å². The van der Waals surface area contributed by atoms with E-state index in [-0.39, 0.29) is 0 Å². The predicted octanol–water partition coefficient (Wildman–Crippen LogP) is 1.12. The van der Waals surface area contributed by atoms with Crippen molar-refractivity contribution in [3.05, 3.63) is 0 Å². The Morgan fingerprint density at radius 1 is 1.19 bits per heavy atom. The molecule has 96 valence electrons. The number of hydrogen-bond acceptors (Lipinski definition) is 3. The molecule has 0 bridgehead atoms. The lowest BCUT2D eigenvalue weighted by Crippen LogP contribution is -2.42. The first-order valence-corrected chi connectivity index (χ1v) is 6.67. The van der Waals surface area contributed by atoms with Gasteiger partial charge in [0.2, 0.25) is 0 Å². The highest BCUT2D eigenvalue weighted by atomic mass is 15.2. The van der Waals surface area contributed by atoms with E-state index in [0.29, 0.717) is 0 Å². The lowest BCUT2D eigenvalue weighted by molar-refractivity contribution is 0.139. The molecule has 16 heavy (non-hydrogen) atoms. The van der Waals surface area contributed by atoms with E-state index in [0.717, 1.165) is 31.5 Å². The summed E-state index contributed by atoms with van der Waals surface area (Å²) in [5.74, 6) is 1.79. The number of hydrogen-bond donors (Lipinski definition) is 1. The van der Waals surface area contributed by atoms with Crippen LogP contribution in [0.4, 0.5) is 0 Å². The van der Waals surface area contributed by atoms with E-state index >= 15 is 0 Å². The highest BCUT2D eigenvalue weighted by Gasteiger charge is 2.21. The average molecular weight is 227 g/mol. The van der Waals surface area contributed by atoms with Crippen LogP contribution >= 0.6 is 0 Å². The molecular formula is C13H29N3. The van der Waals surface area contributed by atoms with Gasteiger partial charge in [0, 0.05) is 32.7 Å². The average Bonchev–Trinajstić information content (AvgIpc) is 2.22. The van der Waals surface area contributed by atoms with Crippen molar-refractivity contribution in [3.8, 4) is 0 Å². The van der Waals surface area contributed by atoms with Gasteiger partial charge in [0.1, 0.15) is 0 Å². The number of likely N-dealkylation sites (tertiary alicyclic amines) is 1. The zero-order chi connectivity index (χ0) is 12.0. The first kappa shape index (κ1) is 13.9. The Kier molecular flexibility index (Phi) is 6.32. The molecule has 1 aliphatic rings. The lowest BCUT2D eigenvalue weighted by Gasteiger charge is -2.35. The first-order chi connectivity index (χ1) is 7.59. The van der Waals surface area contributed by atoms with Crippen molar-refractivity contribution in [1.29, 1.82) is 0 Å². The monoisotopic (exact) mass is 227 g/mol. The van der Waals surface area contributed by atoms with Gasteiger partial charge in [-0.15, -0.1) is 0 Å². The van der Waals surface area contributed by atoms with E-state index < -0.39 is 0 Å². The van der Waals surface area contributed by atoms with Gasteiger partial charge in [0.25, 0.3) is 0 Å². The fourth-order valence-corrected chi connectivity index (χ4v) is 2.22. The third-order valence-corrected chi connectivity index (χ3v) is 3.76. The molecule has 0 aromatic carbocycles. The second-order valence-electron chi connectivity index (χ2n) is 5.60. The van der Waals surface area contributed by atoms with Crippen LogP contribution in [-0.2, 0) is 0 Å². The van der Waals surface area contributed by atoms with Crippen LogP contribution < -0.4 is 5.32 Å². The van der Waals surface area contributed by atoms with Crippen LogP contribution in [0.25, 0.3) is 0 Å². The fourth-order valence-electron chi connectivity index (χ4n) is 2.22. The highest BCUT2D eigenvalue weighted by Crippen LogP contribution is 2.21. The number of likely N-dealkylation sites (N-methyl/N-ethyl adjacent to an activating group) is 1. The third kappa shape index (κ3) is 5.28. The van der Waals surface area contributed by atoms with Crippen molar-refractivity contribution in [2.24, 2.45) is 11.8 Å². The highest BCUT2D eigenvalue weighted by molar-refractivity contribution is 4.75. The number of nitrogens with one attached hydrogen (secondary N) is 1. The van der Waals surface area contributed by atoms with Crippen LogP contribution in [0.1, 0.15) is 20.3 Å². The molecule has 0 aromatic heterocycles. The van der Waals surface area contributed by atoms with Crippen LogP contribution in [-0.4, -0.2) is 63.2 Å². The lowest BCUT2D eigenvalue weighted by atomic mass is 9.89. The SMILES string of the molecule is CC1CCN(CCNCCN(C)C)CC1C. The topological polar surface area (TPSA) is 18.5 Å². The van der Waals surface area contributed by atoms with Gasteiger partial charge in [-0.05, 0) is 38.9 Å². The molecule has 0 saturated carbocycles. The van der Waals surface area contributed by atoms with Crippen molar-refractivity contribution in [2.75, 3.05) is 53.4 Å². The maximum absolute atomic E-state index is 3.51.